The molecule has 1 fully saturated rings. The third kappa shape index (κ3) is 4.07. The van der Waals surface area contributed by atoms with Gasteiger partial charge in [-0.25, -0.2) is 9.40 Å². The Morgan fingerprint density at radius 3 is 2.88 bits per heavy atom. The monoisotopic (exact) mass is 238 g/mol. The van der Waals surface area contributed by atoms with E-state index in [1.54, 1.807) is 12.1 Å². The fraction of sp³-hybridized carbons (Fsp3) is 0.538. The number of hydrogen-bond donors (Lipinski definition) is 1. The standard InChI is InChI=1S/C13H19FN2O/c1-11(15-16-5-7-17-8-6-16)9-12-3-2-4-13(14)10-12/h2-4,10-11,15H,5-9H2,1H3. The SMILES string of the molecule is CC(Cc1cccc(F)c1)NN1CCOCC1. The molecule has 1 unspecified atom stereocenters. The molecular weight excluding hydrogens is 219 g/mol. The second-order valence-corrected chi connectivity index (χ2v) is 4.46. The van der Waals surface area contributed by atoms with Crippen molar-refractivity contribution in [2.75, 3.05) is 26.3 Å². The normalized spacial score (nSPS) is 19.2. The molecule has 1 atom stereocenters. The highest BCUT2D eigenvalue weighted by Gasteiger charge is 2.13. The van der Waals surface area contributed by atoms with E-state index in [0.29, 0.717) is 6.04 Å². The van der Waals surface area contributed by atoms with Crippen molar-refractivity contribution >= 4 is 0 Å². The van der Waals surface area contributed by atoms with E-state index in [2.05, 4.69) is 17.4 Å². The number of rotatable bonds is 4. The molecule has 1 aromatic carbocycles. The summed E-state index contributed by atoms with van der Waals surface area (Å²) in [6.07, 6.45) is 0.828. The summed E-state index contributed by atoms with van der Waals surface area (Å²) in [7, 11) is 0. The van der Waals surface area contributed by atoms with E-state index in [1.165, 1.54) is 6.07 Å². The molecule has 0 radical (unpaired) electrons. The molecule has 1 saturated heterocycles. The molecule has 1 aromatic rings. The van der Waals surface area contributed by atoms with E-state index < -0.39 is 0 Å². The lowest BCUT2D eigenvalue weighted by Crippen LogP contribution is -2.49. The maximum Gasteiger partial charge on any atom is 0.123 e. The van der Waals surface area contributed by atoms with Gasteiger partial charge in [0.05, 0.1) is 13.2 Å². The summed E-state index contributed by atoms with van der Waals surface area (Å²) in [5.41, 5.74) is 4.44. The first-order valence-corrected chi connectivity index (χ1v) is 6.07. The maximum absolute atomic E-state index is 13.0. The summed E-state index contributed by atoms with van der Waals surface area (Å²) in [4.78, 5) is 0. The zero-order chi connectivity index (χ0) is 12.1. The van der Waals surface area contributed by atoms with Crippen LogP contribution in [0.4, 0.5) is 4.39 Å². The van der Waals surface area contributed by atoms with Crippen LogP contribution in [-0.2, 0) is 11.2 Å². The minimum absolute atomic E-state index is 0.166. The molecular formula is C13H19FN2O. The van der Waals surface area contributed by atoms with Gasteiger partial charge in [0.1, 0.15) is 5.82 Å². The molecule has 1 aliphatic rings. The van der Waals surface area contributed by atoms with Gasteiger partial charge in [0.15, 0.2) is 0 Å². The Bertz CT molecular complexity index is 353. The second-order valence-electron chi connectivity index (χ2n) is 4.46. The molecule has 94 valence electrons. The van der Waals surface area contributed by atoms with Crippen molar-refractivity contribution < 1.29 is 9.13 Å². The Morgan fingerprint density at radius 1 is 1.41 bits per heavy atom. The molecule has 0 amide bonds. The van der Waals surface area contributed by atoms with Crippen LogP contribution >= 0.6 is 0 Å². The first kappa shape index (κ1) is 12.5. The van der Waals surface area contributed by atoms with Crippen LogP contribution in [0.15, 0.2) is 24.3 Å². The number of halogens is 1. The van der Waals surface area contributed by atoms with Gasteiger partial charge in [-0.1, -0.05) is 12.1 Å². The minimum atomic E-state index is -0.166. The Hall–Kier alpha value is -0.970. The zero-order valence-corrected chi connectivity index (χ0v) is 10.2. The van der Waals surface area contributed by atoms with E-state index in [4.69, 9.17) is 4.74 Å². The number of benzene rings is 1. The Morgan fingerprint density at radius 2 is 2.18 bits per heavy atom. The number of ether oxygens (including phenoxy) is 1. The van der Waals surface area contributed by atoms with Crippen molar-refractivity contribution in [1.29, 1.82) is 0 Å². The Kier molecular flexibility index (Phi) is 4.48. The van der Waals surface area contributed by atoms with Crippen molar-refractivity contribution in [2.24, 2.45) is 0 Å². The summed E-state index contributed by atoms with van der Waals surface area (Å²) >= 11 is 0. The molecule has 0 spiro atoms. The summed E-state index contributed by atoms with van der Waals surface area (Å²) in [5.74, 6) is -0.166. The molecule has 1 heterocycles. The zero-order valence-electron chi connectivity index (χ0n) is 10.2. The first-order chi connectivity index (χ1) is 8.24. The number of hydrazine groups is 1. The third-order valence-electron chi connectivity index (χ3n) is 2.84. The van der Waals surface area contributed by atoms with Gasteiger partial charge >= 0.3 is 0 Å². The first-order valence-electron chi connectivity index (χ1n) is 6.07. The number of nitrogens with one attached hydrogen (secondary N) is 1. The lowest BCUT2D eigenvalue weighted by atomic mass is 10.1. The van der Waals surface area contributed by atoms with E-state index in [9.17, 15) is 4.39 Å². The molecule has 3 nitrogen and oxygen atoms in total. The Balaban J connectivity index is 1.82. The van der Waals surface area contributed by atoms with Crippen LogP contribution < -0.4 is 5.43 Å². The van der Waals surface area contributed by atoms with E-state index in [0.717, 1.165) is 38.3 Å². The molecule has 17 heavy (non-hydrogen) atoms. The maximum atomic E-state index is 13.0. The van der Waals surface area contributed by atoms with E-state index in [-0.39, 0.29) is 5.82 Å². The van der Waals surface area contributed by atoms with Gasteiger partial charge in [0.2, 0.25) is 0 Å². The minimum Gasteiger partial charge on any atom is -0.379 e. The number of hydrogen-bond acceptors (Lipinski definition) is 3. The van der Waals surface area contributed by atoms with Gasteiger partial charge < -0.3 is 4.74 Å². The van der Waals surface area contributed by atoms with Crippen LogP contribution in [0.1, 0.15) is 12.5 Å². The summed E-state index contributed by atoms with van der Waals surface area (Å²) in [6.45, 7) is 5.49. The Labute approximate surface area is 102 Å². The second kappa shape index (κ2) is 6.10. The van der Waals surface area contributed by atoms with Crippen LogP contribution in [0.2, 0.25) is 0 Å². The number of nitrogens with zero attached hydrogens (tertiary/aromatic N) is 1. The highest BCUT2D eigenvalue weighted by molar-refractivity contribution is 5.17. The smallest absolute Gasteiger partial charge is 0.123 e. The molecule has 0 bridgehead atoms. The van der Waals surface area contributed by atoms with Gasteiger partial charge in [0.25, 0.3) is 0 Å². The average molecular weight is 238 g/mol. The van der Waals surface area contributed by atoms with Crippen molar-refractivity contribution in [3.8, 4) is 0 Å². The highest BCUT2D eigenvalue weighted by Crippen LogP contribution is 2.07. The van der Waals surface area contributed by atoms with Crippen LogP contribution in [-0.4, -0.2) is 37.4 Å². The average Bonchev–Trinajstić information content (AvgIpc) is 2.30. The fourth-order valence-corrected chi connectivity index (χ4v) is 2.07. The van der Waals surface area contributed by atoms with Gasteiger partial charge in [-0.3, -0.25) is 5.43 Å². The largest absolute Gasteiger partial charge is 0.379 e. The van der Waals surface area contributed by atoms with Gasteiger partial charge in [-0.05, 0) is 31.0 Å². The van der Waals surface area contributed by atoms with Gasteiger partial charge in [-0.2, -0.15) is 0 Å². The number of morpholine rings is 1. The van der Waals surface area contributed by atoms with Crippen molar-refractivity contribution in [3.63, 3.8) is 0 Å². The van der Waals surface area contributed by atoms with Crippen LogP contribution in [0, 0.1) is 5.82 Å². The van der Waals surface area contributed by atoms with Crippen molar-refractivity contribution in [3.05, 3.63) is 35.6 Å². The van der Waals surface area contributed by atoms with Crippen LogP contribution in [0.3, 0.4) is 0 Å². The van der Waals surface area contributed by atoms with Gasteiger partial charge in [-0.15, -0.1) is 0 Å². The van der Waals surface area contributed by atoms with E-state index in [1.807, 2.05) is 6.07 Å². The summed E-state index contributed by atoms with van der Waals surface area (Å²) in [5, 5.41) is 2.17. The predicted molar refractivity (Wildman–Crippen MR) is 65.1 cm³/mol. The third-order valence-corrected chi connectivity index (χ3v) is 2.84. The summed E-state index contributed by atoms with van der Waals surface area (Å²) in [6, 6.07) is 7.09. The molecule has 4 heteroatoms. The lowest BCUT2D eigenvalue weighted by molar-refractivity contribution is 0.00510. The fourth-order valence-electron chi connectivity index (χ4n) is 2.07. The van der Waals surface area contributed by atoms with Crippen molar-refractivity contribution in [2.45, 2.75) is 19.4 Å². The van der Waals surface area contributed by atoms with Crippen molar-refractivity contribution in [1.82, 2.24) is 10.4 Å². The van der Waals surface area contributed by atoms with Gasteiger partial charge in [0, 0.05) is 19.1 Å². The molecule has 1 aliphatic heterocycles. The topological polar surface area (TPSA) is 24.5 Å². The van der Waals surface area contributed by atoms with Crippen LogP contribution in [0.5, 0.6) is 0 Å². The molecule has 0 aliphatic carbocycles. The quantitative estimate of drug-likeness (QED) is 0.862. The lowest BCUT2D eigenvalue weighted by Gasteiger charge is -2.30. The van der Waals surface area contributed by atoms with Crippen LogP contribution in [0.25, 0.3) is 0 Å². The highest BCUT2D eigenvalue weighted by atomic mass is 19.1. The molecule has 2 rings (SSSR count). The molecule has 0 saturated carbocycles. The predicted octanol–water partition coefficient (Wildman–Crippen LogP) is 1.59. The molecule has 1 N–H and O–H groups in total. The summed E-state index contributed by atoms with van der Waals surface area (Å²) < 4.78 is 18.3. The molecule has 0 aromatic heterocycles. The van der Waals surface area contributed by atoms with E-state index >= 15 is 0 Å².